The van der Waals surface area contributed by atoms with Gasteiger partial charge in [0.1, 0.15) is 6.04 Å². The zero-order valence-electron chi connectivity index (χ0n) is 24.9. The van der Waals surface area contributed by atoms with Crippen molar-refractivity contribution in [2.24, 2.45) is 17.2 Å². The molecule has 0 bridgehead atoms. The first-order valence-electron chi connectivity index (χ1n) is 14.4. The highest BCUT2D eigenvalue weighted by Crippen LogP contribution is 2.31. The molecule has 3 rings (SSSR count). The molecule has 8 N–H and O–H groups in total. The minimum Gasteiger partial charge on any atom is -0.426 e. The second-order valence-electron chi connectivity index (χ2n) is 11.2. The Labute approximate surface area is 255 Å². The summed E-state index contributed by atoms with van der Waals surface area (Å²) in [5.41, 5.74) is 17.8. The van der Waals surface area contributed by atoms with E-state index >= 15 is 0 Å². The maximum Gasteiger partial charge on any atom is 0.416 e. The standard InChI is InChI=1S/C29H40BF3N6O5/c1-28(2)20-4-3-5-23(25(20)30-44-28)39(43)27(42)22(12-8-18-6-9-19(10-7-18)29(31,32)33)37-26(41)21(36)11-13-24(40)38(16-14-34)17-15-35/h3-7,9-10,21-22,30,43H,8,11-17,34-36H2,1-2H3,(H,37,41)/t21-,22+/m0/s1. The van der Waals surface area contributed by atoms with Crippen molar-refractivity contribution in [2.45, 2.75) is 63.4 Å². The summed E-state index contributed by atoms with van der Waals surface area (Å²) in [7, 11) is 0.148. The maximum atomic E-state index is 13.6. The van der Waals surface area contributed by atoms with E-state index in [-0.39, 0.29) is 57.8 Å². The lowest BCUT2D eigenvalue weighted by molar-refractivity contribution is -0.137. The molecule has 0 aromatic heterocycles. The van der Waals surface area contributed by atoms with E-state index in [1.807, 2.05) is 19.9 Å². The van der Waals surface area contributed by atoms with Crippen LogP contribution < -0.4 is 33.0 Å². The van der Waals surface area contributed by atoms with Gasteiger partial charge in [-0.05, 0) is 67.9 Å². The van der Waals surface area contributed by atoms with E-state index in [4.69, 9.17) is 21.9 Å². The molecule has 2 atom stereocenters. The second kappa shape index (κ2) is 15.0. The van der Waals surface area contributed by atoms with Crippen molar-refractivity contribution in [3.8, 4) is 0 Å². The van der Waals surface area contributed by atoms with Crippen LogP contribution in [0.4, 0.5) is 18.9 Å². The number of amides is 3. The van der Waals surface area contributed by atoms with Crippen LogP contribution in [-0.4, -0.2) is 73.6 Å². The van der Waals surface area contributed by atoms with Crippen molar-refractivity contribution in [2.75, 3.05) is 31.2 Å². The van der Waals surface area contributed by atoms with Crippen LogP contribution in [-0.2, 0) is 37.2 Å². The van der Waals surface area contributed by atoms with E-state index in [2.05, 4.69) is 5.32 Å². The Hall–Kier alpha value is -3.50. The number of aryl methyl sites for hydroxylation is 1. The fourth-order valence-corrected chi connectivity index (χ4v) is 5.03. The smallest absolute Gasteiger partial charge is 0.416 e. The molecular formula is C29H40BF3N6O5. The van der Waals surface area contributed by atoms with Crippen molar-refractivity contribution >= 4 is 36.4 Å². The van der Waals surface area contributed by atoms with Crippen LogP contribution >= 0.6 is 0 Å². The number of carbonyl (C=O) groups is 3. The molecular weight excluding hydrogens is 580 g/mol. The molecule has 2 aromatic rings. The van der Waals surface area contributed by atoms with Crippen molar-refractivity contribution in [3.63, 3.8) is 0 Å². The molecule has 0 saturated carbocycles. The number of hydrogen-bond donors (Lipinski definition) is 5. The maximum absolute atomic E-state index is 13.6. The number of fused-ring (bicyclic) bond motifs is 1. The molecule has 1 aliphatic heterocycles. The SMILES string of the molecule is CC1(C)OBc2c(N(O)C(=O)[C@@H](CCc3ccc(C(F)(F)F)cc3)NC(=O)[C@@H](N)CCC(=O)N(CCN)CCN)cccc21. The molecule has 1 heterocycles. The summed E-state index contributed by atoms with van der Waals surface area (Å²) in [5, 5.41) is 14.1. The van der Waals surface area contributed by atoms with E-state index in [9.17, 15) is 32.8 Å². The first-order valence-corrected chi connectivity index (χ1v) is 14.4. The number of nitrogens with two attached hydrogens (primary N) is 3. The Balaban J connectivity index is 1.77. The summed E-state index contributed by atoms with van der Waals surface area (Å²) < 4.78 is 44.8. The Morgan fingerprint density at radius 3 is 2.27 bits per heavy atom. The van der Waals surface area contributed by atoms with Gasteiger partial charge in [0, 0.05) is 32.6 Å². The highest BCUT2D eigenvalue weighted by molar-refractivity contribution is 6.52. The number of benzene rings is 2. The number of alkyl halides is 3. The molecule has 3 amide bonds. The number of anilines is 1. The van der Waals surface area contributed by atoms with Crippen LogP contribution in [0.1, 0.15) is 49.8 Å². The summed E-state index contributed by atoms with van der Waals surface area (Å²) >= 11 is 0. The van der Waals surface area contributed by atoms with Crippen molar-refractivity contribution in [1.82, 2.24) is 10.2 Å². The normalized spacial score (nSPS) is 15.1. The number of halogens is 3. The van der Waals surface area contributed by atoms with Gasteiger partial charge < -0.3 is 32.1 Å². The Kier molecular flexibility index (Phi) is 11.9. The van der Waals surface area contributed by atoms with Gasteiger partial charge in [-0.2, -0.15) is 18.2 Å². The predicted molar refractivity (Wildman–Crippen MR) is 160 cm³/mol. The minimum absolute atomic E-state index is 0.0302. The van der Waals surface area contributed by atoms with Gasteiger partial charge >= 0.3 is 13.7 Å². The fourth-order valence-electron chi connectivity index (χ4n) is 5.03. The van der Waals surface area contributed by atoms with E-state index in [0.29, 0.717) is 29.2 Å². The number of nitrogens with zero attached hydrogens (tertiary/aromatic N) is 2. The number of nitrogens with one attached hydrogen (secondary N) is 1. The summed E-state index contributed by atoms with van der Waals surface area (Å²) in [6.45, 7) is 4.80. The first-order chi connectivity index (χ1) is 20.7. The van der Waals surface area contributed by atoms with Crippen LogP contribution in [0.5, 0.6) is 0 Å². The van der Waals surface area contributed by atoms with Gasteiger partial charge in [-0.25, -0.2) is 0 Å². The lowest BCUT2D eigenvalue weighted by atomic mass is 9.83. The number of carbonyl (C=O) groups excluding carboxylic acids is 3. The van der Waals surface area contributed by atoms with Crippen LogP contribution in [0, 0.1) is 0 Å². The van der Waals surface area contributed by atoms with Crippen LogP contribution in [0.25, 0.3) is 0 Å². The molecule has 44 heavy (non-hydrogen) atoms. The minimum atomic E-state index is -4.50. The third-order valence-corrected chi connectivity index (χ3v) is 7.59. The van der Waals surface area contributed by atoms with Gasteiger partial charge in [0.05, 0.1) is 22.9 Å². The molecule has 11 nitrogen and oxygen atoms in total. The quantitative estimate of drug-likeness (QED) is 0.116. The second-order valence-corrected chi connectivity index (χ2v) is 11.2. The van der Waals surface area contributed by atoms with Crippen LogP contribution in [0.3, 0.4) is 0 Å². The Morgan fingerprint density at radius 2 is 1.68 bits per heavy atom. The molecule has 0 fully saturated rings. The summed E-state index contributed by atoms with van der Waals surface area (Å²) in [6.07, 6.45) is -4.54. The van der Waals surface area contributed by atoms with Gasteiger partial charge in [-0.1, -0.05) is 24.3 Å². The van der Waals surface area contributed by atoms with Crippen molar-refractivity contribution in [3.05, 3.63) is 59.2 Å². The molecule has 0 saturated heterocycles. The Bertz CT molecular complexity index is 1310. The van der Waals surface area contributed by atoms with E-state index in [1.165, 1.54) is 17.0 Å². The molecule has 1 aliphatic rings. The number of rotatable bonds is 14. The van der Waals surface area contributed by atoms with Crippen LogP contribution in [0.15, 0.2) is 42.5 Å². The molecule has 2 aromatic carbocycles. The van der Waals surface area contributed by atoms with Gasteiger partial charge in [-0.3, -0.25) is 19.6 Å². The fraction of sp³-hybridized carbons (Fsp3) is 0.483. The van der Waals surface area contributed by atoms with Gasteiger partial charge in [0.15, 0.2) is 0 Å². The third kappa shape index (κ3) is 8.79. The average Bonchev–Trinajstić information content (AvgIpc) is 3.30. The lowest BCUT2D eigenvalue weighted by Crippen LogP contribution is -2.53. The molecule has 240 valence electrons. The van der Waals surface area contributed by atoms with Gasteiger partial charge in [-0.15, -0.1) is 0 Å². The monoisotopic (exact) mass is 620 g/mol. The van der Waals surface area contributed by atoms with Gasteiger partial charge in [0.2, 0.25) is 11.8 Å². The molecule has 0 radical (unpaired) electrons. The lowest BCUT2D eigenvalue weighted by Gasteiger charge is -2.26. The third-order valence-electron chi connectivity index (χ3n) is 7.59. The predicted octanol–water partition coefficient (Wildman–Crippen LogP) is 0.641. The van der Waals surface area contributed by atoms with Crippen molar-refractivity contribution < 1.29 is 37.4 Å². The average molecular weight is 620 g/mol. The zero-order valence-corrected chi connectivity index (χ0v) is 24.9. The highest BCUT2D eigenvalue weighted by Gasteiger charge is 2.36. The van der Waals surface area contributed by atoms with Crippen molar-refractivity contribution in [1.29, 1.82) is 0 Å². The summed E-state index contributed by atoms with van der Waals surface area (Å²) in [4.78, 5) is 40.8. The van der Waals surface area contributed by atoms with Crippen LogP contribution in [0.2, 0.25) is 0 Å². The van der Waals surface area contributed by atoms with E-state index < -0.39 is 41.2 Å². The number of hydroxylamine groups is 1. The largest absolute Gasteiger partial charge is 0.426 e. The Morgan fingerprint density at radius 1 is 1.05 bits per heavy atom. The van der Waals surface area contributed by atoms with Gasteiger partial charge in [0.25, 0.3) is 5.91 Å². The molecule has 0 unspecified atom stereocenters. The van der Waals surface area contributed by atoms with E-state index in [0.717, 1.165) is 17.7 Å². The van der Waals surface area contributed by atoms with E-state index in [1.54, 1.807) is 12.1 Å². The topological polar surface area (TPSA) is 177 Å². The molecule has 0 spiro atoms. The first kappa shape index (κ1) is 35.0. The summed E-state index contributed by atoms with van der Waals surface area (Å²) in [5.74, 6) is -1.88. The molecule has 0 aliphatic carbocycles. The number of hydrogen-bond acceptors (Lipinski definition) is 8. The highest BCUT2D eigenvalue weighted by atomic mass is 19.4. The summed E-state index contributed by atoms with van der Waals surface area (Å²) in [6, 6.07) is 7.03. The molecule has 15 heteroatoms. The zero-order chi connectivity index (χ0) is 32.7.